The van der Waals surface area contributed by atoms with E-state index >= 15 is 0 Å². The summed E-state index contributed by atoms with van der Waals surface area (Å²) in [6.07, 6.45) is 12.6. The molecule has 6 heteroatoms. The Balaban J connectivity index is 1.56. The highest BCUT2D eigenvalue weighted by atomic mass is 19.1. The molecule has 0 saturated carbocycles. The first-order chi connectivity index (χ1) is 12.6. The van der Waals surface area contributed by atoms with Crippen molar-refractivity contribution in [2.45, 2.75) is 39.6 Å². The number of aryl methyl sites for hydroxylation is 2. The Morgan fingerprint density at radius 3 is 2.96 bits per heavy atom. The van der Waals surface area contributed by atoms with Crippen LogP contribution in [-0.4, -0.2) is 32.2 Å². The van der Waals surface area contributed by atoms with Gasteiger partial charge in [0.25, 0.3) is 0 Å². The Morgan fingerprint density at radius 1 is 1.19 bits per heavy atom. The predicted octanol–water partition coefficient (Wildman–Crippen LogP) is 3.62. The SMILES string of the molecule is Cc1cc(N2C=C3CCCN3C2N2C=Cc3nccn3C2)c(C)cc1F. The summed E-state index contributed by atoms with van der Waals surface area (Å²) >= 11 is 0. The molecule has 4 heterocycles. The summed E-state index contributed by atoms with van der Waals surface area (Å²) in [6, 6.07) is 3.61. The maximum absolute atomic E-state index is 14.0. The molecule has 1 fully saturated rings. The van der Waals surface area contributed by atoms with Crippen LogP contribution >= 0.6 is 0 Å². The number of imidazole rings is 1. The molecule has 0 amide bonds. The minimum Gasteiger partial charge on any atom is -0.336 e. The molecule has 0 N–H and O–H groups in total. The Kier molecular flexibility index (Phi) is 3.35. The van der Waals surface area contributed by atoms with Gasteiger partial charge in [-0.05, 0) is 56.0 Å². The topological polar surface area (TPSA) is 27.5 Å². The summed E-state index contributed by atoms with van der Waals surface area (Å²) in [6.45, 7) is 5.62. The molecule has 1 atom stereocenters. The van der Waals surface area contributed by atoms with Crippen molar-refractivity contribution in [3.8, 4) is 0 Å². The van der Waals surface area contributed by atoms with Crippen molar-refractivity contribution in [2.24, 2.45) is 0 Å². The van der Waals surface area contributed by atoms with E-state index in [0.29, 0.717) is 5.56 Å². The number of nitrogens with zero attached hydrogens (tertiary/aromatic N) is 5. The van der Waals surface area contributed by atoms with Crippen molar-refractivity contribution in [3.63, 3.8) is 0 Å². The van der Waals surface area contributed by atoms with E-state index in [2.05, 4.69) is 42.7 Å². The van der Waals surface area contributed by atoms with E-state index in [4.69, 9.17) is 0 Å². The average Bonchev–Trinajstić information content (AvgIpc) is 3.32. The number of rotatable bonds is 2. The molecule has 5 nitrogen and oxygen atoms in total. The van der Waals surface area contributed by atoms with Gasteiger partial charge in [-0.1, -0.05) is 0 Å². The van der Waals surface area contributed by atoms with E-state index in [1.807, 2.05) is 32.3 Å². The first-order valence-electron chi connectivity index (χ1n) is 9.09. The lowest BCUT2D eigenvalue weighted by Crippen LogP contribution is -2.51. The molecule has 0 bridgehead atoms. The molecular formula is C20H22FN5. The second kappa shape index (κ2) is 5.62. The fourth-order valence-corrected chi connectivity index (χ4v) is 4.21. The smallest absolute Gasteiger partial charge is 0.186 e. The monoisotopic (exact) mass is 351 g/mol. The van der Waals surface area contributed by atoms with Crippen LogP contribution in [0.4, 0.5) is 10.1 Å². The number of fused-ring (bicyclic) bond motifs is 2. The minimum atomic E-state index is -0.143. The van der Waals surface area contributed by atoms with Crippen molar-refractivity contribution < 1.29 is 4.39 Å². The fourth-order valence-electron chi connectivity index (χ4n) is 4.21. The molecule has 0 radical (unpaired) electrons. The number of halogens is 1. The van der Waals surface area contributed by atoms with Gasteiger partial charge in [-0.15, -0.1) is 0 Å². The lowest BCUT2D eigenvalue weighted by Gasteiger charge is -2.41. The van der Waals surface area contributed by atoms with Gasteiger partial charge in [-0.3, -0.25) is 0 Å². The molecule has 3 aliphatic heterocycles. The Morgan fingerprint density at radius 2 is 2.08 bits per heavy atom. The molecule has 1 unspecified atom stereocenters. The maximum Gasteiger partial charge on any atom is 0.186 e. The first kappa shape index (κ1) is 15.5. The van der Waals surface area contributed by atoms with Crippen molar-refractivity contribution in [1.82, 2.24) is 19.4 Å². The molecule has 1 aromatic heterocycles. The van der Waals surface area contributed by atoms with Gasteiger partial charge in [0.15, 0.2) is 6.29 Å². The number of benzene rings is 1. The third-order valence-electron chi connectivity index (χ3n) is 5.55. The zero-order valence-electron chi connectivity index (χ0n) is 15.1. The fraction of sp³-hybridized carbons (Fsp3) is 0.350. The molecule has 1 aromatic carbocycles. The largest absolute Gasteiger partial charge is 0.336 e. The minimum absolute atomic E-state index is 0.0721. The highest BCUT2D eigenvalue weighted by Gasteiger charge is 2.39. The van der Waals surface area contributed by atoms with E-state index in [1.54, 1.807) is 6.07 Å². The van der Waals surface area contributed by atoms with E-state index in [1.165, 1.54) is 12.1 Å². The third kappa shape index (κ3) is 2.25. The normalized spacial score (nSPS) is 21.3. The van der Waals surface area contributed by atoms with Crippen LogP contribution in [0.3, 0.4) is 0 Å². The number of aromatic nitrogens is 2. The number of anilines is 1. The molecule has 3 aliphatic rings. The molecule has 2 aromatic rings. The molecule has 1 saturated heterocycles. The summed E-state index contributed by atoms with van der Waals surface area (Å²) in [7, 11) is 0. The lowest BCUT2D eigenvalue weighted by atomic mass is 10.1. The van der Waals surface area contributed by atoms with Gasteiger partial charge in [0.2, 0.25) is 0 Å². The first-order valence-corrected chi connectivity index (χ1v) is 9.09. The zero-order valence-corrected chi connectivity index (χ0v) is 15.1. The van der Waals surface area contributed by atoms with Crippen LogP contribution in [-0.2, 0) is 6.67 Å². The van der Waals surface area contributed by atoms with Crippen LogP contribution in [0.2, 0.25) is 0 Å². The predicted molar refractivity (Wildman–Crippen MR) is 99.3 cm³/mol. The van der Waals surface area contributed by atoms with Crippen molar-refractivity contribution in [2.75, 3.05) is 11.4 Å². The second-order valence-electron chi connectivity index (χ2n) is 7.29. The van der Waals surface area contributed by atoms with Crippen LogP contribution in [0.1, 0.15) is 29.8 Å². The van der Waals surface area contributed by atoms with E-state index in [9.17, 15) is 4.39 Å². The van der Waals surface area contributed by atoms with Crippen molar-refractivity contribution >= 4 is 11.8 Å². The standard InChI is InChI=1S/C20H22FN5/c1-14-11-18(15(2)10-17(14)21)26-12-16-4-3-7-25(16)20(26)24-8-5-19-22-6-9-23(19)13-24/h5-6,8-12,20H,3-4,7,13H2,1-2H3. The van der Waals surface area contributed by atoms with Gasteiger partial charge >= 0.3 is 0 Å². The summed E-state index contributed by atoms with van der Waals surface area (Å²) in [5.74, 6) is 0.838. The molecule has 26 heavy (non-hydrogen) atoms. The molecule has 0 aliphatic carbocycles. The van der Waals surface area contributed by atoms with E-state index < -0.39 is 0 Å². The molecule has 0 spiro atoms. The number of allylic oxidation sites excluding steroid dienone is 1. The van der Waals surface area contributed by atoms with Crippen molar-refractivity contribution in [1.29, 1.82) is 0 Å². The van der Waals surface area contributed by atoms with Gasteiger partial charge in [0.05, 0.1) is 6.67 Å². The summed E-state index contributed by atoms with van der Waals surface area (Å²) in [5, 5.41) is 0. The van der Waals surface area contributed by atoms with Gasteiger partial charge in [-0.2, -0.15) is 0 Å². The average molecular weight is 351 g/mol. The van der Waals surface area contributed by atoms with Crippen LogP contribution in [0, 0.1) is 19.7 Å². The second-order valence-corrected chi connectivity index (χ2v) is 7.29. The van der Waals surface area contributed by atoms with Crippen LogP contribution in [0.25, 0.3) is 6.08 Å². The third-order valence-corrected chi connectivity index (χ3v) is 5.55. The number of hydrogen-bond donors (Lipinski definition) is 0. The number of hydrogen-bond acceptors (Lipinski definition) is 4. The highest BCUT2D eigenvalue weighted by molar-refractivity contribution is 5.60. The molecular weight excluding hydrogens is 329 g/mol. The maximum atomic E-state index is 14.0. The van der Waals surface area contributed by atoms with E-state index in [-0.39, 0.29) is 12.1 Å². The molecule has 5 rings (SSSR count). The zero-order chi connectivity index (χ0) is 17.8. The van der Waals surface area contributed by atoms with Crippen molar-refractivity contribution in [3.05, 3.63) is 65.4 Å². The highest BCUT2D eigenvalue weighted by Crippen LogP contribution is 2.39. The van der Waals surface area contributed by atoms with Gasteiger partial charge in [-0.25, -0.2) is 9.37 Å². The van der Waals surface area contributed by atoms with Crippen LogP contribution in [0.5, 0.6) is 0 Å². The van der Waals surface area contributed by atoms with Crippen LogP contribution < -0.4 is 4.90 Å². The Hall–Kier alpha value is -2.76. The van der Waals surface area contributed by atoms with Gasteiger partial charge < -0.3 is 19.3 Å². The Bertz CT molecular complexity index is 928. The van der Waals surface area contributed by atoms with Gasteiger partial charge in [0.1, 0.15) is 11.6 Å². The summed E-state index contributed by atoms with van der Waals surface area (Å²) in [5.41, 5.74) is 4.07. The summed E-state index contributed by atoms with van der Waals surface area (Å²) in [4.78, 5) is 11.4. The summed E-state index contributed by atoms with van der Waals surface area (Å²) < 4.78 is 16.1. The van der Waals surface area contributed by atoms with E-state index in [0.717, 1.165) is 36.7 Å². The molecule has 134 valence electrons. The lowest BCUT2D eigenvalue weighted by molar-refractivity contribution is 0.110. The Labute approximate surface area is 152 Å². The van der Waals surface area contributed by atoms with Crippen LogP contribution in [0.15, 0.2) is 42.6 Å². The quantitative estimate of drug-likeness (QED) is 0.826. The van der Waals surface area contributed by atoms with Gasteiger partial charge in [0, 0.05) is 42.7 Å².